The summed E-state index contributed by atoms with van der Waals surface area (Å²) in [7, 11) is 0. The lowest BCUT2D eigenvalue weighted by atomic mass is 10.1. The fraction of sp³-hybridized carbons (Fsp3) is 0.385. The van der Waals surface area contributed by atoms with Crippen molar-refractivity contribution in [2.24, 2.45) is 5.92 Å². The number of nitrogens with zero attached hydrogens (tertiary/aromatic N) is 1. The van der Waals surface area contributed by atoms with E-state index in [1.807, 2.05) is 35.2 Å². The van der Waals surface area contributed by atoms with Crippen LogP contribution in [0.4, 0.5) is 0 Å². The second kappa shape index (κ2) is 4.47. The molecule has 1 fully saturated rings. The first-order valence-electron chi connectivity index (χ1n) is 5.33. The molecule has 1 saturated heterocycles. The Hall–Kier alpha value is -1.31. The minimum Gasteiger partial charge on any atom is -0.342 e. The Kier molecular flexibility index (Phi) is 3.05. The van der Waals surface area contributed by atoms with Crippen LogP contribution in [0.15, 0.2) is 30.3 Å². The molecule has 2 nitrogen and oxygen atoms in total. The van der Waals surface area contributed by atoms with Gasteiger partial charge >= 0.3 is 0 Å². The van der Waals surface area contributed by atoms with Gasteiger partial charge in [0.05, 0.1) is 6.42 Å². The molecular weight excluding hydrogens is 186 g/mol. The number of likely N-dealkylation sites (tertiary alicyclic amines) is 1. The maximum Gasteiger partial charge on any atom is 0.226 e. The summed E-state index contributed by atoms with van der Waals surface area (Å²) in [5, 5.41) is 0. The van der Waals surface area contributed by atoms with Crippen molar-refractivity contribution >= 4 is 5.91 Å². The molecule has 0 aromatic heterocycles. The topological polar surface area (TPSA) is 20.3 Å². The van der Waals surface area contributed by atoms with Crippen molar-refractivity contribution in [2.45, 2.75) is 12.8 Å². The maximum atomic E-state index is 11.8. The predicted octanol–water partition coefficient (Wildman–Crippen LogP) is 1.79. The molecule has 1 aliphatic rings. The van der Waals surface area contributed by atoms with Gasteiger partial charge in [-0.15, -0.1) is 0 Å². The van der Waals surface area contributed by atoms with Crippen molar-refractivity contribution in [3.63, 3.8) is 0 Å². The van der Waals surface area contributed by atoms with Gasteiger partial charge < -0.3 is 4.90 Å². The van der Waals surface area contributed by atoms with Crippen LogP contribution in [-0.2, 0) is 11.2 Å². The number of hydrogen-bond donors (Lipinski definition) is 0. The lowest BCUT2D eigenvalue weighted by molar-refractivity contribution is -0.129. The minimum absolute atomic E-state index is 0.171. The average molecular weight is 201 g/mol. The first-order valence-corrected chi connectivity index (χ1v) is 5.33. The van der Waals surface area contributed by atoms with Crippen LogP contribution >= 0.6 is 0 Å². The van der Waals surface area contributed by atoms with Crippen molar-refractivity contribution in [1.82, 2.24) is 4.90 Å². The highest BCUT2D eigenvalue weighted by Gasteiger charge is 2.22. The molecule has 1 unspecified atom stereocenters. The first-order chi connectivity index (χ1) is 7.25. The second-order valence-corrected chi connectivity index (χ2v) is 4.05. The summed E-state index contributed by atoms with van der Waals surface area (Å²) in [4.78, 5) is 13.7. The van der Waals surface area contributed by atoms with E-state index in [2.05, 4.69) is 0 Å². The number of amides is 1. The second-order valence-electron chi connectivity index (χ2n) is 4.05. The molecule has 1 heterocycles. The molecular formula is C13H15NO. The number of carbonyl (C=O) groups is 1. The first kappa shape index (κ1) is 10.2. The van der Waals surface area contributed by atoms with Gasteiger partial charge in [0.2, 0.25) is 5.91 Å². The quantitative estimate of drug-likeness (QED) is 0.714. The fourth-order valence-corrected chi connectivity index (χ4v) is 1.90. The van der Waals surface area contributed by atoms with Crippen molar-refractivity contribution in [1.29, 1.82) is 0 Å². The van der Waals surface area contributed by atoms with Crippen LogP contribution in [-0.4, -0.2) is 23.9 Å². The Balaban J connectivity index is 1.93. The third-order valence-corrected chi connectivity index (χ3v) is 2.78. The van der Waals surface area contributed by atoms with Crippen LogP contribution in [0.2, 0.25) is 0 Å². The van der Waals surface area contributed by atoms with Gasteiger partial charge in [-0.25, -0.2) is 0 Å². The highest BCUT2D eigenvalue weighted by molar-refractivity contribution is 5.79. The van der Waals surface area contributed by atoms with Crippen LogP contribution in [0.5, 0.6) is 0 Å². The molecule has 1 aromatic carbocycles. The van der Waals surface area contributed by atoms with E-state index in [1.54, 1.807) is 0 Å². The Labute approximate surface area is 90.9 Å². The predicted molar refractivity (Wildman–Crippen MR) is 59.1 cm³/mol. The Morgan fingerprint density at radius 1 is 1.40 bits per heavy atom. The Morgan fingerprint density at radius 3 is 2.73 bits per heavy atom. The van der Waals surface area contributed by atoms with Gasteiger partial charge in [-0.2, -0.15) is 0 Å². The summed E-state index contributed by atoms with van der Waals surface area (Å²) in [5.41, 5.74) is 1.07. The third kappa shape index (κ3) is 2.58. The zero-order valence-corrected chi connectivity index (χ0v) is 8.73. The number of benzene rings is 1. The molecule has 0 spiro atoms. The van der Waals surface area contributed by atoms with E-state index in [4.69, 9.17) is 6.92 Å². The van der Waals surface area contributed by atoms with Gasteiger partial charge in [0.15, 0.2) is 0 Å². The smallest absolute Gasteiger partial charge is 0.226 e. The molecule has 0 saturated carbocycles. The molecule has 1 aromatic rings. The van der Waals surface area contributed by atoms with Gasteiger partial charge in [0.1, 0.15) is 0 Å². The summed E-state index contributed by atoms with van der Waals surface area (Å²) >= 11 is 0. The molecule has 2 heteroatoms. The minimum atomic E-state index is 0.171. The fourth-order valence-electron chi connectivity index (χ4n) is 1.90. The summed E-state index contributed by atoms with van der Waals surface area (Å²) in [6, 6.07) is 9.83. The highest BCUT2D eigenvalue weighted by atomic mass is 16.2. The summed E-state index contributed by atoms with van der Waals surface area (Å²) in [6.45, 7) is 7.29. The van der Waals surface area contributed by atoms with Gasteiger partial charge in [0.25, 0.3) is 0 Å². The molecule has 1 atom stereocenters. The Bertz CT molecular complexity index is 334. The largest absolute Gasteiger partial charge is 0.342 e. The molecule has 15 heavy (non-hydrogen) atoms. The van der Waals surface area contributed by atoms with Crippen LogP contribution in [0.1, 0.15) is 12.0 Å². The van der Waals surface area contributed by atoms with Crippen molar-refractivity contribution in [3.8, 4) is 0 Å². The molecule has 2 radical (unpaired) electrons. The zero-order valence-electron chi connectivity index (χ0n) is 8.73. The standard InChI is InChI=1S/C13H15NO/c1-11-7-8-14(10-11)13(15)9-12-5-3-2-4-6-12/h1-6,11H,7-10H2. The lowest BCUT2D eigenvalue weighted by Gasteiger charge is -2.15. The molecule has 2 rings (SSSR count). The van der Waals surface area contributed by atoms with Crippen LogP contribution < -0.4 is 0 Å². The van der Waals surface area contributed by atoms with Gasteiger partial charge in [-0.1, -0.05) is 30.3 Å². The molecule has 78 valence electrons. The van der Waals surface area contributed by atoms with E-state index in [0.717, 1.165) is 18.5 Å². The van der Waals surface area contributed by atoms with Crippen molar-refractivity contribution in [3.05, 3.63) is 42.8 Å². The normalized spacial score (nSPS) is 20.6. The van der Waals surface area contributed by atoms with Crippen molar-refractivity contribution in [2.75, 3.05) is 13.1 Å². The van der Waals surface area contributed by atoms with E-state index < -0.39 is 0 Å². The van der Waals surface area contributed by atoms with Crippen LogP contribution in [0.3, 0.4) is 0 Å². The molecule has 0 aliphatic carbocycles. The summed E-state index contributed by atoms with van der Waals surface area (Å²) < 4.78 is 0. The van der Waals surface area contributed by atoms with E-state index in [-0.39, 0.29) is 11.8 Å². The molecule has 1 amide bonds. The van der Waals surface area contributed by atoms with Gasteiger partial charge in [-0.05, 0) is 24.8 Å². The molecule has 1 aliphatic heterocycles. The number of carbonyl (C=O) groups excluding carboxylic acids is 1. The maximum absolute atomic E-state index is 11.8. The SMILES string of the molecule is [CH]C1CCN(C(=O)Cc2ccccc2)C1. The third-order valence-electron chi connectivity index (χ3n) is 2.78. The van der Waals surface area contributed by atoms with E-state index in [9.17, 15) is 4.79 Å². The van der Waals surface area contributed by atoms with Gasteiger partial charge in [0, 0.05) is 13.1 Å². The van der Waals surface area contributed by atoms with E-state index >= 15 is 0 Å². The van der Waals surface area contributed by atoms with Crippen LogP contribution in [0, 0.1) is 12.8 Å². The Morgan fingerprint density at radius 2 is 2.13 bits per heavy atom. The van der Waals surface area contributed by atoms with Crippen LogP contribution in [0.25, 0.3) is 0 Å². The highest BCUT2D eigenvalue weighted by Crippen LogP contribution is 2.15. The monoisotopic (exact) mass is 201 g/mol. The number of rotatable bonds is 2. The average Bonchev–Trinajstić information content (AvgIpc) is 2.66. The summed E-state index contributed by atoms with van der Waals surface area (Å²) in [6.07, 6.45) is 1.42. The lowest BCUT2D eigenvalue weighted by Crippen LogP contribution is -2.29. The summed E-state index contributed by atoms with van der Waals surface area (Å²) in [5.74, 6) is 0.360. The van der Waals surface area contributed by atoms with Crippen molar-refractivity contribution < 1.29 is 4.79 Å². The van der Waals surface area contributed by atoms with E-state index in [1.165, 1.54) is 0 Å². The zero-order chi connectivity index (χ0) is 10.7. The number of hydrogen-bond acceptors (Lipinski definition) is 1. The van der Waals surface area contributed by atoms with Gasteiger partial charge in [-0.3, -0.25) is 4.79 Å². The van der Waals surface area contributed by atoms with E-state index in [0.29, 0.717) is 13.0 Å². The molecule has 0 N–H and O–H groups in total. The molecule has 0 bridgehead atoms.